The van der Waals surface area contributed by atoms with E-state index in [0.717, 1.165) is 18.4 Å². The largest absolute Gasteiger partial charge is 0.284 e. The average molecular weight is 303 g/mol. The highest BCUT2D eigenvalue weighted by molar-refractivity contribution is 14.1. The van der Waals surface area contributed by atoms with Gasteiger partial charge in [0.2, 0.25) is 0 Å². The highest BCUT2D eigenvalue weighted by atomic mass is 127. The van der Waals surface area contributed by atoms with Crippen LogP contribution in [-0.2, 0) is 6.42 Å². The van der Waals surface area contributed by atoms with Crippen LogP contribution >= 0.6 is 22.9 Å². The van der Waals surface area contributed by atoms with Gasteiger partial charge in [-0.05, 0) is 24.1 Å². The molecule has 76 valence electrons. The summed E-state index contributed by atoms with van der Waals surface area (Å²) in [5.74, 6) is 0.0588. The summed E-state index contributed by atoms with van der Waals surface area (Å²) in [6.45, 7) is 2.14. The Bertz CT molecular complexity index is 323. The normalized spacial score (nSPS) is 9.93. The molecule has 0 spiro atoms. The molecule has 0 aromatic heterocycles. The fraction of sp³-hybridized carbons (Fsp3) is 0.364. The van der Waals surface area contributed by atoms with Gasteiger partial charge in [-0.25, -0.2) is 0 Å². The van der Waals surface area contributed by atoms with E-state index in [9.17, 15) is 4.79 Å². The van der Waals surface area contributed by atoms with Crippen molar-refractivity contribution in [2.75, 3.05) is 7.05 Å². The molecule has 0 saturated carbocycles. The minimum Gasteiger partial charge on any atom is -0.284 e. The summed E-state index contributed by atoms with van der Waals surface area (Å²) >= 11 is 1.99. The maximum Gasteiger partial charge on any atom is 0.262 e. The van der Waals surface area contributed by atoms with E-state index < -0.39 is 0 Å². The first-order valence-electron chi connectivity index (χ1n) is 4.68. The van der Waals surface area contributed by atoms with Gasteiger partial charge >= 0.3 is 0 Å². The third-order valence-corrected chi connectivity index (χ3v) is 2.43. The van der Waals surface area contributed by atoms with Gasteiger partial charge in [0.05, 0.1) is 22.9 Å². The third-order valence-electron chi connectivity index (χ3n) is 1.99. The molecule has 1 aromatic carbocycles. The van der Waals surface area contributed by atoms with Crippen LogP contribution in [0.15, 0.2) is 24.3 Å². The maximum absolute atomic E-state index is 11.6. The Labute approximate surface area is 98.8 Å². The number of rotatable bonds is 3. The van der Waals surface area contributed by atoms with Crippen LogP contribution in [0.4, 0.5) is 0 Å². The molecule has 3 heteroatoms. The highest BCUT2D eigenvalue weighted by Crippen LogP contribution is 2.11. The Hall–Kier alpha value is -0.580. The molecule has 1 amide bonds. The molecular formula is C11H14INO. The molecule has 2 nitrogen and oxygen atoms in total. The first kappa shape index (κ1) is 11.5. The second-order valence-corrected chi connectivity index (χ2v) is 4.68. The molecule has 0 fully saturated rings. The summed E-state index contributed by atoms with van der Waals surface area (Å²) in [6, 6.07) is 7.84. The molecule has 0 saturated heterocycles. The number of aryl methyl sites for hydroxylation is 1. The van der Waals surface area contributed by atoms with Crippen molar-refractivity contribution in [2.45, 2.75) is 19.8 Å². The Balaban J connectivity index is 2.88. The molecule has 14 heavy (non-hydrogen) atoms. The minimum absolute atomic E-state index is 0.0588. The fourth-order valence-corrected chi connectivity index (χ4v) is 1.60. The van der Waals surface area contributed by atoms with E-state index in [1.807, 2.05) is 41.1 Å². The maximum atomic E-state index is 11.6. The number of nitrogens with zero attached hydrogens (tertiary/aromatic N) is 1. The predicted molar refractivity (Wildman–Crippen MR) is 66.6 cm³/mol. The first-order valence-corrected chi connectivity index (χ1v) is 5.64. The lowest BCUT2D eigenvalue weighted by molar-refractivity contribution is 0.0906. The smallest absolute Gasteiger partial charge is 0.262 e. The summed E-state index contributed by atoms with van der Waals surface area (Å²) in [6.07, 6.45) is 2.14. The lowest BCUT2D eigenvalue weighted by atomic mass is 10.1. The van der Waals surface area contributed by atoms with Gasteiger partial charge in [-0.2, -0.15) is 0 Å². The zero-order chi connectivity index (χ0) is 10.6. The number of carbonyl (C=O) groups is 1. The molecule has 0 radical (unpaired) electrons. The van der Waals surface area contributed by atoms with Crippen molar-refractivity contribution in [3.05, 3.63) is 35.4 Å². The van der Waals surface area contributed by atoms with E-state index in [0.29, 0.717) is 0 Å². The zero-order valence-corrected chi connectivity index (χ0v) is 10.6. The fourth-order valence-electron chi connectivity index (χ4n) is 1.33. The van der Waals surface area contributed by atoms with Crippen LogP contribution in [0.2, 0.25) is 0 Å². The summed E-state index contributed by atoms with van der Waals surface area (Å²) in [4.78, 5) is 11.6. The lowest BCUT2D eigenvalue weighted by Crippen LogP contribution is -2.15. The zero-order valence-electron chi connectivity index (χ0n) is 8.46. The van der Waals surface area contributed by atoms with E-state index in [-0.39, 0.29) is 5.91 Å². The summed E-state index contributed by atoms with van der Waals surface area (Å²) < 4.78 is 1.57. The predicted octanol–water partition coefficient (Wildman–Crippen LogP) is 3.06. The van der Waals surface area contributed by atoms with Crippen LogP contribution in [0.25, 0.3) is 0 Å². The number of hydrogen-bond donors (Lipinski definition) is 0. The Morgan fingerprint density at radius 2 is 2.21 bits per heavy atom. The topological polar surface area (TPSA) is 20.3 Å². The van der Waals surface area contributed by atoms with Crippen molar-refractivity contribution in [3.8, 4) is 0 Å². The second kappa shape index (κ2) is 5.34. The van der Waals surface area contributed by atoms with Gasteiger partial charge < -0.3 is 0 Å². The third kappa shape index (κ3) is 2.97. The molecule has 0 aliphatic rings. The highest BCUT2D eigenvalue weighted by Gasteiger charge is 2.08. The number of carbonyl (C=O) groups excluding carboxylic acids is 1. The van der Waals surface area contributed by atoms with Gasteiger partial charge in [-0.1, -0.05) is 25.5 Å². The number of benzene rings is 1. The quantitative estimate of drug-likeness (QED) is 0.621. The van der Waals surface area contributed by atoms with Crippen LogP contribution in [0, 0.1) is 0 Å². The molecule has 0 heterocycles. The minimum atomic E-state index is 0.0588. The van der Waals surface area contributed by atoms with Crippen LogP contribution < -0.4 is 0 Å². The monoisotopic (exact) mass is 303 g/mol. The first-order chi connectivity index (χ1) is 6.65. The van der Waals surface area contributed by atoms with Crippen LogP contribution in [-0.4, -0.2) is 16.1 Å². The molecular weight excluding hydrogens is 289 g/mol. The summed E-state index contributed by atoms with van der Waals surface area (Å²) in [5, 5.41) is 0. The van der Waals surface area contributed by atoms with E-state index in [2.05, 4.69) is 13.0 Å². The summed E-state index contributed by atoms with van der Waals surface area (Å²) in [5.41, 5.74) is 2.00. The molecule has 0 bridgehead atoms. The van der Waals surface area contributed by atoms with Gasteiger partial charge in [-0.15, -0.1) is 0 Å². The SMILES string of the molecule is CCCc1cccc(C(=O)N(C)I)c1. The average Bonchev–Trinajstić information content (AvgIpc) is 2.17. The molecule has 1 aromatic rings. The standard InChI is InChI=1S/C11H14INO/c1-3-5-9-6-4-7-10(8-9)11(14)13(2)12/h4,6-8H,3,5H2,1-2H3. The Kier molecular flexibility index (Phi) is 4.38. The number of amides is 1. The number of halogens is 1. The van der Waals surface area contributed by atoms with Crippen LogP contribution in [0.1, 0.15) is 29.3 Å². The van der Waals surface area contributed by atoms with E-state index in [1.165, 1.54) is 5.56 Å². The Morgan fingerprint density at radius 1 is 1.50 bits per heavy atom. The Morgan fingerprint density at radius 3 is 2.79 bits per heavy atom. The molecule has 0 N–H and O–H groups in total. The van der Waals surface area contributed by atoms with Gasteiger partial charge in [0.15, 0.2) is 0 Å². The van der Waals surface area contributed by atoms with Crippen molar-refractivity contribution in [1.82, 2.24) is 3.11 Å². The van der Waals surface area contributed by atoms with Gasteiger partial charge in [0, 0.05) is 12.6 Å². The van der Waals surface area contributed by atoms with E-state index in [1.54, 1.807) is 10.2 Å². The molecule has 0 aliphatic heterocycles. The van der Waals surface area contributed by atoms with Gasteiger partial charge in [0.1, 0.15) is 0 Å². The number of hydrogen-bond acceptors (Lipinski definition) is 1. The van der Waals surface area contributed by atoms with E-state index in [4.69, 9.17) is 0 Å². The summed E-state index contributed by atoms with van der Waals surface area (Å²) in [7, 11) is 1.76. The molecule has 1 rings (SSSR count). The van der Waals surface area contributed by atoms with E-state index >= 15 is 0 Å². The van der Waals surface area contributed by atoms with Gasteiger partial charge in [0.25, 0.3) is 5.91 Å². The van der Waals surface area contributed by atoms with Crippen LogP contribution in [0.3, 0.4) is 0 Å². The van der Waals surface area contributed by atoms with Crippen molar-refractivity contribution in [2.24, 2.45) is 0 Å². The lowest BCUT2D eigenvalue weighted by Gasteiger charge is -2.08. The molecule has 0 atom stereocenters. The second-order valence-electron chi connectivity index (χ2n) is 3.23. The van der Waals surface area contributed by atoms with Crippen molar-refractivity contribution < 1.29 is 4.79 Å². The van der Waals surface area contributed by atoms with Gasteiger partial charge in [-0.3, -0.25) is 7.91 Å². The van der Waals surface area contributed by atoms with Crippen molar-refractivity contribution in [1.29, 1.82) is 0 Å². The van der Waals surface area contributed by atoms with Crippen LogP contribution in [0.5, 0.6) is 0 Å². The molecule has 0 aliphatic carbocycles. The van der Waals surface area contributed by atoms with Crippen molar-refractivity contribution >= 4 is 28.8 Å². The van der Waals surface area contributed by atoms with Crippen molar-refractivity contribution in [3.63, 3.8) is 0 Å². The molecule has 0 unspecified atom stereocenters.